The summed E-state index contributed by atoms with van der Waals surface area (Å²) in [5.41, 5.74) is 0. The second-order valence-corrected chi connectivity index (χ2v) is 3.69. The molecular formula is C8H14INO3. The van der Waals surface area contributed by atoms with Crippen molar-refractivity contribution >= 4 is 35.0 Å². The highest BCUT2D eigenvalue weighted by molar-refractivity contribution is 14.1. The van der Waals surface area contributed by atoms with Gasteiger partial charge < -0.3 is 10.1 Å². The van der Waals surface area contributed by atoms with Crippen molar-refractivity contribution in [3.63, 3.8) is 0 Å². The maximum absolute atomic E-state index is 10.6. The normalized spacial score (nSPS) is 14.4. The average Bonchev–Trinajstić information content (AvgIpc) is 2.02. The first-order valence-electron chi connectivity index (χ1n) is 4.03. The first-order valence-corrected chi connectivity index (χ1v) is 5.55. The molecule has 4 nitrogen and oxygen atoms in total. The van der Waals surface area contributed by atoms with Gasteiger partial charge in [-0.3, -0.25) is 9.59 Å². The number of esters is 1. The number of alkyl halides is 1. The maximum Gasteiger partial charge on any atom is 0.302 e. The highest BCUT2D eigenvalue weighted by Crippen LogP contribution is 2.06. The van der Waals surface area contributed by atoms with E-state index in [4.69, 9.17) is 4.74 Å². The maximum atomic E-state index is 10.6. The molecule has 0 aliphatic heterocycles. The minimum atomic E-state index is -0.278. The van der Waals surface area contributed by atoms with Crippen molar-refractivity contribution in [3.8, 4) is 0 Å². The molecule has 0 aliphatic rings. The number of carbonyl (C=O) groups is 2. The predicted molar refractivity (Wildman–Crippen MR) is 57.7 cm³/mol. The second kappa shape index (κ2) is 7.11. The number of hydrogen-bond donors (Lipinski definition) is 1. The molecule has 0 aromatic rings. The summed E-state index contributed by atoms with van der Waals surface area (Å²) in [5.74, 6) is -0.278. The van der Waals surface area contributed by atoms with Crippen LogP contribution in [0.15, 0.2) is 0 Å². The third kappa shape index (κ3) is 6.80. The molecule has 0 saturated carbocycles. The van der Waals surface area contributed by atoms with Gasteiger partial charge in [0, 0.05) is 23.8 Å². The van der Waals surface area contributed by atoms with Crippen LogP contribution in [0, 0.1) is 0 Å². The summed E-state index contributed by atoms with van der Waals surface area (Å²) in [7, 11) is 0. The summed E-state index contributed by atoms with van der Waals surface area (Å²) in [6.07, 6.45) is 1.20. The molecular weight excluding hydrogens is 285 g/mol. The lowest BCUT2D eigenvalue weighted by Gasteiger charge is -2.18. The zero-order chi connectivity index (χ0) is 10.3. The smallest absolute Gasteiger partial charge is 0.302 e. The van der Waals surface area contributed by atoms with Crippen molar-refractivity contribution < 1.29 is 14.3 Å². The van der Waals surface area contributed by atoms with Crippen LogP contribution in [-0.4, -0.2) is 29.0 Å². The quantitative estimate of drug-likeness (QED) is 0.343. The Morgan fingerprint density at radius 3 is 2.69 bits per heavy atom. The van der Waals surface area contributed by atoms with E-state index in [9.17, 15) is 9.59 Å². The number of carbonyl (C=O) groups excluding carboxylic acids is 2. The highest BCUT2D eigenvalue weighted by atomic mass is 127. The van der Waals surface area contributed by atoms with E-state index in [1.807, 2.05) is 6.92 Å². The van der Waals surface area contributed by atoms with Gasteiger partial charge in [-0.2, -0.15) is 0 Å². The Morgan fingerprint density at radius 2 is 2.31 bits per heavy atom. The van der Waals surface area contributed by atoms with Crippen LogP contribution >= 0.6 is 22.6 Å². The number of nitrogens with one attached hydrogen (secondary N) is 1. The molecule has 1 amide bonds. The van der Waals surface area contributed by atoms with Gasteiger partial charge in [0.1, 0.15) is 6.10 Å². The van der Waals surface area contributed by atoms with Crippen LogP contribution in [0.3, 0.4) is 0 Å². The van der Waals surface area contributed by atoms with Crippen LogP contribution in [0.4, 0.5) is 0 Å². The molecule has 0 aromatic carbocycles. The van der Waals surface area contributed by atoms with Gasteiger partial charge in [0.2, 0.25) is 6.41 Å². The van der Waals surface area contributed by atoms with Crippen LogP contribution in [0.1, 0.15) is 20.3 Å². The first-order chi connectivity index (χ1) is 6.10. The number of halogens is 1. The first kappa shape index (κ1) is 12.7. The van der Waals surface area contributed by atoms with Gasteiger partial charge in [-0.1, -0.05) is 22.6 Å². The largest absolute Gasteiger partial charge is 0.462 e. The Hall–Kier alpha value is -0.330. The molecule has 13 heavy (non-hydrogen) atoms. The number of hydrogen-bond acceptors (Lipinski definition) is 3. The highest BCUT2D eigenvalue weighted by Gasteiger charge is 2.13. The van der Waals surface area contributed by atoms with Crippen molar-refractivity contribution in [2.24, 2.45) is 0 Å². The SMILES string of the molecule is CC(=O)OC(CI)CC(C)NC=O. The van der Waals surface area contributed by atoms with Gasteiger partial charge in [-0.15, -0.1) is 0 Å². The van der Waals surface area contributed by atoms with Gasteiger partial charge in [0.25, 0.3) is 0 Å². The van der Waals surface area contributed by atoms with Crippen LogP contribution in [0.5, 0.6) is 0 Å². The third-order valence-electron chi connectivity index (χ3n) is 1.47. The van der Waals surface area contributed by atoms with Crippen molar-refractivity contribution in [1.29, 1.82) is 0 Å². The number of rotatable bonds is 6. The standard InChI is InChI=1S/C8H14INO3/c1-6(10-5-11)3-8(4-9)13-7(2)12/h5-6,8H,3-4H2,1-2H3,(H,10,11). The monoisotopic (exact) mass is 299 g/mol. The average molecular weight is 299 g/mol. The Bertz CT molecular complexity index is 175. The molecule has 0 aliphatic carbocycles. The fraction of sp³-hybridized carbons (Fsp3) is 0.750. The van der Waals surface area contributed by atoms with Gasteiger partial charge in [-0.25, -0.2) is 0 Å². The van der Waals surface area contributed by atoms with E-state index in [0.717, 1.165) is 4.43 Å². The summed E-state index contributed by atoms with van der Waals surface area (Å²) in [6.45, 7) is 3.26. The Morgan fingerprint density at radius 1 is 1.69 bits per heavy atom. The van der Waals surface area contributed by atoms with Gasteiger partial charge in [0.05, 0.1) is 0 Å². The zero-order valence-electron chi connectivity index (χ0n) is 7.75. The summed E-state index contributed by atoms with van der Waals surface area (Å²) in [6, 6.07) is 0.0385. The van der Waals surface area contributed by atoms with Crippen molar-refractivity contribution in [3.05, 3.63) is 0 Å². The summed E-state index contributed by atoms with van der Waals surface area (Å²) < 4.78 is 5.75. The van der Waals surface area contributed by atoms with E-state index in [1.165, 1.54) is 6.92 Å². The minimum absolute atomic E-state index is 0.0385. The molecule has 0 bridgehead atoms. The van der Waals surface area contributed by atoms with Crippen molar-refractivity contribution in [2.45, 2.75) is 32.4 Å². The van der Waals surface area contributed by atoms with Crippen molar-refractivity contribution in [1.82, 2.24) is 5.32 Å². The lowest BCUT2D eigenvalue weighted by atomic mass is 10.1. The molecule has 2 unspecified atom stereocenters. The van der Waals surface area contributed by atoms with Crippen LogP contribution in [0.25, 0.3) is 0 Å². The predicted octanol–water partition coefficient (Wildman–Crippen LogP) is 0.878. The van der Waals surface area contributed by atoms with Gasteiger partial charge >= 0.3 is 5.97 Å². The molecule has 5 heteroatoms. The Kier molecular flexibility index (Phi) is 6.93. The van der Waals surface area contributed by atoms with Crippen LogP contribution < -0.4 is 5.32 Å². The van der Waals surface area contributed by atoms with E-state index in [2.05, 4.69) is 27.9 Å². The summed E-state index contributed by atoms with van der Waals surface area (Å²) >= 11 is 2.15. The van der Waals surface area contributed by atoms with Gasteiger partial charge in [-0.05, 0) is 6.92 Å². The lowest BCUT2D eigenvalue weighted by molar-refractivity contribution is -0.145. The zero-order valence-corrected chi connectivity index (χ0v) is 9.91. The van der Waals surface area contributed by atoms with Crippen LogP contribution in [-0.2, 0) is 14.3 Å². The molecule has 0 radical (unpaired) electrons. The number of ether oxygens (including phenoxy) is 1. The summed E-state index contributed by atoms with van der Waals surface area (Å²) in [4.78, 5) is 20.7. The van der Waals surface area contributed by atoms with E-state index in [-0.39, 0.29) is 18.1 Å². The molecule has 0 rings (SSSR count). The fourth-order valence-electron chi connectivity index (χ4n) is 0.956. The molecule has 0 fully saturated rings. The molecule has 0 saturated heterocycles. The molecule has 1 N–H and O–H groups in total. The Labute approximate surface area is 91.5 Å². The molecule has 0 spiro atoms. The molecule has 0 aromatic heterocycles. The van der Waals surface area contributed by atoms with E-state index in [0.29, 0.717) is 12.8 Å². The van der Waals surface area contributed by atoms with E-state index in [1.54, 1.807) is 0 Å². The topological polar surface area (TPSA) is 55.4 Å². The van der Waals surface area contributed by atoms with E-state index < -0.39 is 0 Å². The fourth-order valence-corrected chi connectivity index (χ4v) is 1.50. The molecule has 76 valence electrons. The third-order valence-corrected chi connectivity index (χ3v) is 2.46. The number of amides is 1. The summed E-state index contributed by atoms with van der Waals surface area (Å²) in [5, 5.41) is 2.61. The van der Waals surface area contributed by atoms with E-state index >= 15 is 0 Å². The molecule has 2 atom stereocenters. The van der Waals surface area contributed by atoms with Crippen LogP contribution in [0.2, 0.25) is 0 Å². The molecule has 0 heterocycles. The second-order valence-electron chi connectivity index (χ2n) is 2.81. The van der Waals surface area contributed by atoms with Crippen molar-refractivity contribution in [2.75, 3.05) is 4.43 Å². The minimum Gasteiger partial charge on any atom is -0.462 e. The Balaban J connectivity index is 3.81. The van der Waals surface area contributed by atoms with Gasteiger partial charge in [0.15, 0.2) is 0 Å². The lowest BCUT2D eigenvalue weighted by Crippen LogP contribution is -2.31.